The van der Waals surface area contributed by atoms with Crippen LogP contribution in [0.15, 0.2) is 24.7 Å². The van der Waals surface area contributed by atoms with E-state index in [2.05, 4.69) is 33.4 Å². The van der Waals surface area contributed by atoms with Gasteiger partial charge in [-0.15, -0.1) is 0 Å². The van der Waals surface area contributed by atoms with E-state index < -0.39 is 5.60 Å². The molecule has 1 amide bonds. The van der Waals surface area contributed by atoms with Gasteiger partial charge in [0.15, 0.2) is 0 Å². The molecule has 0 radical (unpaired) electrons. The second kappa shape index (κ2) is 9.59. The van der Waals surface area contributed by atoms with Gasteiger partial charge in [-0.1, -0.05) is 6.92 Å². The van der Waals surface area contributed by atoms with E-state index in [1.165, 1.54) is 0 Å². The highest BCUT2D eigenvalue weighted by Crippen LogP contribution is 2.35. The molecule has 33 heavy (non-hydrogen) atoms. The summed E-state index contributed by atoms with van der Waals surface area (Å²) in [5.41, 5.74) is 8.57. The summed E-state index contributed by atoms with van der Waals surface area (Å²) in [5, 5.41) is 7.70. The van der Waals surface area contributed by atoms with E-state index in [0.29, 0.717) is 24.3 Å². The number of pyridine rings is 1. The molecule has 0 bridgehead atoms. The second-order valence-electron chi connectivity index (χ2n) is 10.1. The van der Waals surface area contributed by atoms with Gasteiger partial charge in [-0.25, -0.2) is 9.78 Å². The van der Waals surface area contributed by atoms with Crippen molar-refractivity contribution in [3.63, 3.8) is 0 Å². The van der Waals surface area contributed by atoms with Crippen molar-refractivity contribution in [1.82, 2.24) is 20.1 Å². The van der Waals surface area contributed by atoms with E-state index in [1.54, 1.807) is 0 Å². The maximum Gasteiger partial charge on any atom is 0.407 e. The molecule has 2 aromatic rings. The van der Waals surface area contributed by atoms with Crippen molar-refractivity contribution < 1.29 is 14.3 Å². The predicted molar refractivity (Wildman–Crippen MR) is 128 cm³/mol. The number of carbonyl (C=O) groups excluding carboxylic acids is 1. The molecule has 2 fully saturated rings. The Labute approximate surface area is 195 Å². The average molecular weight is 457 g/mol. The Morgan fingerprint density at radius 2 is 2.00 bits per heavy atom. The number of piperidine rings is 1. The van der Waals surface area contributed by atoms with Crippen LogP contribution in [0, 0.1) is 5.92 Å². The quantitative estimate of drug-likeness (QED) is 0.723. The standard InChI is InChI=1S/C24H36N6O3/c1-16-5-8-29(15-20(16)28-23(31)33-24(2,3)4)21-11-22(25)26-13-19(21)17-12-27-30(14-17)18-6-9-32-10-7-18/h11-14,16,18,20H,5-10,15H2,1-4H3,(H2,25,26)(H,28,31)/t16-,20-/m1/s1. The third-order valence-electron chi connectivity index (χ3n) is 6.38. The molecule has 4 rings (SSSR count). The lowest BCUT2D eigenvalue weighted by Crippen LogP contribution is -2.53. The van der Waals surface area contributed by atoms with Crippen LogP contribution in [0.5, 0.6) is 0 Å². The lowest BCUT2D eigenvalue weighted by Gasteiger charge is -2.39. The smallest absolute Gasteiger partial charge is 0.407 e. The summed E-state index contributed by atoms with van der Waals surface area (Å²) < 4.78 is 13.0. The Kier molecular flexibility index (Phi) is 6.78. The minimum Gasteiger partial charge on any atom is -0.444 e. The fourth-order valence-corrected chi connectivity index (χ4v) is 4.51. The van der Waals surface area contributed by atoms with E-state index in [1.807, 2.05) is 43.9 Å². The van der Waals surface area contributed by atoms with Gasteiger partial charge in [0, 0.05) is 61.6 Å². The van der Waals surface area contributed by atoms with Crippen LogP contribution >= 0.6 is 0 Å². The van der Waals surface area contributed by atoms with E-state index in [-0.39, 0.29) is 12.1 Å². The van der Waals surface area contributed by atoms with Gasteiger partial charge < -0.3 is 25.4 Å². The fraction of sp³-hybridized carbons (Fsp3) is 0.625. The molecule has 9 nitrogen and oxygen atoms in total. The van der Waals surface area contributed by atoms with E-state index in [0.717, 1.165) is 55.8 Å². The van der Waals surface area contributed by atoms with Gasteiger partial charge in [0.25, 0.3) is 0 Å². The molecule has 0 unspecified atom stereocenters. The Bertz CT molecular complexity index is 963. The predicted octanol–water partition coefficient (Wildman–Crippen LogP) is 3.62. The number of carbonyl (C=O) groups is 1. The summed E-state index contributed by atoms with van der Waals surface area (Å²) in [6.45, 7) is 10.9. The molecular weight excluding hydrogens is 420 g/mol. The van der Waals surface area contributed by atoms with E-state index >= 15 is 0 Å². The number of hydrogen-bond acceptors (Lipinski definition) is 7. The number of aromatic nitrogens is 3. The Morgan fingerprint density at radius 3 is 2.73 bits per heavy atom. The second-order valence-corrected chi connectivity index (χ2v) is 10.1. The van der Waals surface area contributed by atoms with E-state index in [9.17, 15) is 4.79 Å². The number of nitrogens with one attached hydrogen (secondary N) is 1. The van der Waals surface area contributed by atoms with Crippen LogP contribution < -0.4 is 16.0 Å². The first-order valence-electron chi connectivity index (χ1n) is 11.8. The van der Waals surface area contributed by atoms with Gasteiger partial charge in [-0.2, -0.15) is 5.10 Å². The molecule has 0 aromatic carbocycles. The van der Waals surface area contributed by atoms with Gasteiger partial charge >= 0.3 is 6.09 Å². The number of nitrogens with zero attached hydrogens (tertiary/aromatic N) is 4. The molecule has 2 aliphatic heterocycles. The molecule has 180 valence electrons. The summed E-state index contributed by atoms with van der Waals surface area (Å²) in [6, 6.07) is 2.25. The highest BCUT2D eigenvalue weighted by atomic mass is 16.6. The summed E-state index contributed by atoms with van der Waals surface area (Å²) in [4.78, 5) is 19.0. The average Bonchev–Trinajstić information content (AvgIpc) is 3.25. The number of amides is 1. The minimum atomic E-state index is -0.529. The van der Waals surface area contributed by atoms with Crippen LogP contribution in [-0.2, 0) is 9.47 Å². The first-order chi connectivity index (χ1) is 15.7. The van der Waals surface area contributed by atoms with Gasteiger partial charge in [-0.3, -0.25) is 4.68 Å². The largest absolute Gasteiger partial charge is 0.444 e. The minimum absolute atomic E-state index is 0.0270. The normalized spacial score (nSPS) is 22.2. The first-order valence-corrected chi connectivity index (χ1v) is 11.8. The van der Waals surface area contributed by atoms with Gasteiger partial charge in [0.1, 0.15) is 11.4 Å². The van der Waals surface area contributed by atoms with Gasteiger partial charge in [0.2, 0.25) is 0 Å². The van der Waals surface area contributed by atoms with Crippen LogP contribution in [0.1, 0.15) is 53.0 Å². The highest BCUT2D eigenvalue weighted by molar-refractivity contribution is 5.79. The third kappa shape index (κ3) is 5.76. The van der Waals surface area contributed by atoms with Crippen molar-refractivity contribution in [2.75, 3.05) is 36.9 Å². The molecule has 0 saturated carbocycles. The van der Waals surface area contributed by atoms with Crippen LogP contribution in [0.25, 0.3) is 11.1 Å². The number of nitrogen functional groups attached to an aromatic ring is 1. The number of ether oxygens (including phenoxy) is 2. The van der Waals surface area contributed by atoms with Crippen molar-refractivity contribution in [3.8, 4) is 11.1 Å². The number of alkyl carbamates (subject to hydrolysis) is 1. The van der Waals surface area contributed by atoms with Crippen molar-refractivity contribution in [2.24, 2.45) is 5.92 Å². The molecule has 2 aliphatic rings. The SMILES string of the molecule is C[C@@H]1CCN(c2cc(N)ncc2-c2cnn(C3CCOCC3)c2)C[C@H]1NC(=O)OC(C)(C)C. The van der Waals surface area contributed by atoms with E-state index in [4.69, 9.17) is 15.2 Å². The molecule has 2 aromatic heterocycles. The van der Waals surface area contributed by atoms with Crippen molar-refractivity contribution in [2.45, 2.75) is 64.6 Å². The first kappa shape index (κ1) is 23.4. The molecule has 0 aliphatic carbocycles. The number of rotatable bonds is 4. The molecule has 9 heteroatoms. The summed E-state index contributed by atoms with van der Waals surface area (Å²) in [5.74, 6) is 0.813. The topological polar surface area (TPSA) is 108 Å². The third-order valence-corrected chi connectivity index (χ3v) is 6.38. The fourth-order valence-electron chi connectivity index (χ4n) is 4.51. The summed E-state index contributed by atoms with van der Waals surface area (Å²) in [6.07, 6.45) is 8.32. The van der Waals surface area contributed by atoms with Crippen LogP contribution in [0.2, 0.25) is 0 Å². The lowest BCUT2D eigenvalue weighted by molar-refractivity contribution is 0.0483. The highest BCUT2D eigenvalue weighted by Gasteiger charge is 2.30. The van der Waals surface area contributed by atoms with Crippen molar-refractivity contribution in [1.29, 1.82) is 0 Å². The Balaban J connectivity index is 1.54. The molecule has 4 heterocycles. The maximum atomic E-state index is 12.4. The van der Waals surface area contributed by atoms with Crippen LogP contribution in [0.4, 0.5) is 16.3 Å². The van der Waals surface area contributed by atoms with Crippen LogP contribution in [0.3, 0.4) is 0 Å². The van der Waals surface area contributed by atoms with Gasteiger partial charge in [0.05, 0.1) is 18.3 Å². The molecule has 3 N–H and O–H groups in total. The van der Waals surface area contributed by atoms with Crippen molar-refractivity contribution in [3.05, 3.63) is 24.7 Å². The maximum absolute atomic E-state index is 12.4. The number of nitrogens with two attached hydrogens (primary N) is 1. The van der Waals surface area contributed by atoms with Crippen LogP contribution in [-0.4, -0.2) is 58.8 Å². The summed E-state index contributed by atoms with van der Waals surface area (Å²) >= 11 is 0. The van der Waals surface area contributed by atoms with Gasteiger partial charge in [-0.05, 0) is 46.0 Å². The Hall–Kier alpha value is -2.81. The number of hydrogen-bond donors (Lipinski definition) is 2. The molecule has 2 atom stereocenters. The zero-order valence-electron chi connectivity index (χ0n) is 20.1. The number of anilines is 2. The Morgan fingerprint density at radius 1 is 1.24 bits per heavy atom. The summed E-state index contributed by atoms with van der Waals surface area (Å²) in [7, 11) is 0. The zero-order valence-corrected chi connectivity index (χ0v) is 20.1. The lowest BCUT2D eigenvalue weighted by atomic mass is 9.92. The van der Waals surface area contributed by atoms with Crippen molar-refractivity contribution >= 4 is 17.6 Å². The zero-order chi connectivity index (χ0) is 23.6. The molecule has 2 saturated heterocycles. The molecule has 0 spiro atoms. The monoisotopic (exact) mass is 456 g/mol. The molecular formula is C24H36N6O3.